The summed E-state index contributed by atoms with van der Waals surface area (Å²) in [4.78, 5) is 0. The Morgan fingerprint density at radius 1 is 1.36 bits per heavy atom. The van der Waals surface area contributed by atoms with E-state index < -0.39 is 18.0 Å². The average Bonchev–Trinajstić information content (AvgIpc) is 2.01. The van der Waals surface area contributed by atoms with Crippen LogP contribution in [0.5, 0.6) is 5.75 Å². The quantitative estimate of drug-likeness (QED) is 0.824. The van der Waals surface area contributed by atoms with E-state index in [1.54, 1.807) is 0 Å². The first-order valence-electron chi connectivity index (χ1n) is 3.63. The predicted molar refractivity (Wildman–Crippen MR) is 48.8 cm³/mol. The van der Waals surface area contributed by atoms with Crippen molar-refractivity contribution in [1.29, 1.82) is 0 Å². The summed E-state index contributed by atoms with van der Waals surface area (Å²) in [6.07, 6.45) is -4.55. The van der Waals surface area contributed by atoms with Crippen molar-refractivity contribution in [3.05, 3.63) is 28.2 Å². The number of nitrogens with two attached hydrogens (primary N) is 1. The Hall–Kier alpha value is -0.750. The molecule has 1 atom stereocenters. The summed E-state index contributed by atoms with van der Waals surface area (Å²) in [5, 5.41) is 9.22. The summed E-state index contributed by atoms with van der Waals surface area (Å²) < 4.78 is 37.0. The minimum absolute atomic E-state index is 0.333. The number of halogens is 4. The van der Waals surface area contributed by atoms with Crippen LogP contribution < -0.4 is 5.73 Å². The van der Waals surface area contributed by atoms with Gasteiger partial charge in [-0.05, 0) is 12.1 Å². The second kappa shape index (κ2) is 3.78. The summed E-state index contributed by atoms with van der Waals surface area (Å²) in [7, 11) is 0. The van der Waals surface area contributed by atoms with Crippen molar-refractivity contribution in [3.8, 4) is 5.75 Å². The zero-order valence-corrected chi connectivity index (χ0v) is 8.43. The number of phenols is 1. The van der Waals surface area contributed by atoms with Crippen molar-refractivity contribution in [2.45, 2.75) is 12.2 Å². The van der Waals surface area contributed by atoms with Gasteiger partial charge in [-0.25, -0.2) is 0 Å². The molecule has 78 valence electrons. The van der Waals surface area contributed by atoms with Gasteiger partial charge in [0, 0.05) is 10.0 Å². The van der Waals surface area contributed by atoms with Gasteiger partial charge in [0.15, 0.2) is 0 Å². The number of alkyl halides is 3. The predicted octanol–water partition coefficient (Wildman–Crippen LogP) is 2.72. The normalized spacial score (nSPS) is 14.1. The maximum atomic E-state index is 12.2. The smallest absolute Gasteiger partial charge is 0.407 e. The average molecular weight is 270 g/mol. The molecule has 0 saturated heterocycles. The Morgan fingerprint density at radius 2 is 1.93 bits per heavy atom. The Kier molecular flexibility index (Phi) is 3.06. The van der Waals surface area contributed by atoms with E-state index >= 15 is 0 Å². The summed E-state index contributed by atoms with van der Waals surface area (Å²) in [5.74, 6) is -0.468. The molecule has 0 aliphatic heterocycles. The van der Waals surface area contributed by atoms with Gasteiger partial charge in [0.05, 0.1) is 0 Å². The number of rotatable bonds is 1. The third-order valence-corrected chi connectivity index (χ3v) is 2.17. The van der Waals surface area contributed by atoms with Crippen molar-refractivity contribution in [3.63, 3.8) is 0 Å². The number of hydrogen-bond acceptors (Lipinski definition) is 2. The van der Waals surface area contributed by atoms with Gasteiger partial charge in [-0.3, -0.25) is 0 Å². The molecule has 1 aromatic carbocycles. The van der Waals surface area contributed by atoms with Gasteiger partial charge in [-0.2, -0.15) is 13.2 Å². The van der Waals surface area contributed by atoms with Gasteiger partial charge >= 0.3 is 6.18 Å². The molecule has 0 aliphatic carbocycles. The van der Waals surface area contributed by atoms with Gasteiger partial charge in [-0.1, -0.05) is 22.0 Å². The topological polar surface area (TPSA) is 46.2 Å². The van der Waals surface area contributed by atoms with Crippen LogP contribution in [0.2, 0.25) is 0 Å². The highest BCUT2D eigenvalue weighted by atomic mass is 79.9. The molecule has 6 heteroatoms. The molecule has 0 fully saturated rings. The largest absolute Gasteiger partial charge is 0.508 e. The Bertz CT molecular complexity index is 340. The zero-order valence-electron chi connectivity index (χ0n) is 6.85. The molecule has 3 N–H and O–H groups in total. The van der Waals surface area contributed by atoms with E-state index in [2.05, 4.69) is 15.9 Å². The lowest BCUT2D eigenvalue weighted by Crippen LogP contribution is -2.28. The van der Waals surface area contributed by atoms with Crippen molar-refractivity contribution in [1.82, 2.24) is 0 Å². The molecule has 0 aromatic heterocycles. The van der Waals surface area contributed by atoms with E-state index in [0.717, 1.165) is 6.07 Å². The first kappa shape index (κ1) is 11.3. The SMILES string of the molecule is NC(c1ccc(Br)cc1O)C(F)(F)F. The minimum atomic E-state index is -4.55. The van der Waals surface area contributed by atoms with Gasteiger partial charge in [0.25, 0.3) is 0 Å². The molecule has 0 spiro atoms. The maximum absolute atomic E-state index is 12.2. The second-order valence-electron chi connectivity index (χ2n) is 2.72. The molecule has 14 heavy (non-hydrogen) atoms. The van der Waals surface area contributed by atoms with E-state index in [9.17, 15) is 18.3 Å². The zero-order chi connectivity index (χ0) is 10.9. The number of benzene rings is 1. The fourth-order valence-electron chi connectivity index (χ4n) is 0.956. The standard InChI is InChI=1S/C8H7BrF3NO/c9-4-1-2-5(6(14)3-4)7(13)8(10,11)12/h1-3,7,14H,13H2. The van der Waals surface area contributed by atoms with Crippen molar-refractivity contribution in [2.75, 3.05) is 0 Å². The molecule has 0 saturated carbocycles. The summed E-state index contributed by atoms with van der Waals surface area (Å²) >= 11 is 3.01. The van der Waals surface area contributed by atoms with Crippen LogP contribution >= 0.6 is 15.9 Å². The molecular formula is C8H7BrF3NO. The van der Waals surface area contributed by atoms with Crippen LogP contribution in [0.15, 0.2) is 22.7 Å². The van der Waals surface area contributed by atoms with Gasteiger partial charge in [0.1, 0.15) is 11.8 Å². The van der Waals surface area contributed by atoms with E-state index in [0.29, 0.717) is 4.47 Å². The monoisotopic (exact) mass is 269 g/mol. The summed E-state index contributed by atoms with van der Waals surface area (Å²) in [6.45, 7) is 0. The highest BCUT2D eigenvalue weighted by molar-refractivity contribution is 9.10. The van der Waals surface area contributed by atoms with Crippen LogP contribution in [0.3, 0.4) is 0 Å². The van der Waals surface area contributed by atoms with Crippen molar-refractivity contribution >= 4 is 15.9 Å². The van der Waals surface area contributed by atoms with Crippen LogP contribution in [0.1, 0.15) is 11.6 Å². The Balaban J connectivity index is 3.08. The molecule has 0 radical (unpaired) electrons. The van der Waals surface area contributed by atoms with Crippen LogP contribution in [0, 0.1) is 0 Å². The molecule has 0 aliphatic rings. The van der Waals surface area contributed by atoms with Crippen LogP contribution in [-0.2, 0) is 0 Å². The lowest BCUT2D eigenvalue weighted by Gasteiger charge is -2.16. The van der Waals surface area contributed by atoms with Gasteiger partial charge in [-0.15, -0.1) is 0 Å². The van der Waals surface area contributed by atoms with E-state index in [1.165, 1.54) is 12.1 Å². The number of hydrogen-bond donors (Lipinski definition) is 2. The first-order valence-corrected chi connectivity index (χ1v) is 4.42. The van der Waals surface area contributed by atoms with Gasteiger partial charge < -0.3 is 10.8 Å². The van der Waals surface area contributed by atoms with Crippen molar-refractivity contribution in [2.24, 2.45) is 5.73 Å². The molecule has 0 amide bonds. The van der Waals surface area contributed by atoms with Crippen LogP contribution in [0.4, 0.5) is 13.2 Å². The lowest BCUT2D eigenvalue weighted by atomic mass is 10.1. The third-order valence-electron chi connectivity index (χ3n) is 1.68. The summed E-state index contributed by atoms with van der Waals surface area (Å²) in [6, 6.07) is 1.54. The summed E-state index contributed by atoms with van der Waals surface area (Å²) in [5.41, 5.74) is 4.59. The maximum Gasteiger partial charge on any atom is 0.407 e. The molecular weight excluding hydrogens is 263 g/mol. The molecule has 0 bridgehead atoms. The van der Waals surface area contributed by atoms with E-state index in [-0.39, 0.29) is 5.56 Å². The van der Waals surface area contributed by atoms with Crippen molar-refractivity contribution < 1.29 is 18.3 Å². The molecule has 1 unspecified atom stereocenters. The third kappa shape index (κ3) is 2.39. The fraction of sp³-hybridized carbons (Fsp3) is 0.250. The lowest BCUT2D eigenvalue weighted by molar-refractivity contribution is -0.149. The van der Waals surface area contributed by atoms with E-state index in [1.807, 2.05) is 0 Å². The van der Waals surface area contributed by atoms with E-state index in [4.69, 9.17) is 5.73 Å². The fourth-order valence-corrected chi connectivity index (χ4v) is 1.31. The molecule has 0 heterocycles. The van der Waals surface area contributed by atoms with Crippen LogP contribution in [-0.4, -0.2) is 11.3 Å². The highest BCUT2D eigenvalue weighted by Gasteiger charge is 2.39. The number of aromatic hydroxyl groups is 1. The molecule has 1 rings (SSSR count). The number of phenolic OH excluding ortho intramolecular Hbond substituents is 1. The second-order valence-corrected chi connectivity index (χ2v) is 3.64. The first-order chi connectivity index (χ1) is 6.32. The highest BCUT2D eigenvalue weighted by Crippen LogP contribution is 2.35. The van der Waals surface area contributed by atoms with Crippen LogP contribution in [0.25, 0.3) is 0 Å². The minimum Gasteiger partial charge on any atom is -0.508 e. The molecule has 2 nitrogen and oxygen atoms in total. The Labute approximate surface area is 86.7 Å². The Morgan fingerprint density at radius 3 is 2.36 bits per heavy atom. The molecule has 1 aromatic rings. The van der Waals surface area contributed by atoms with Gasteiger partial charge in [0.2, 0.25) is 0 Å².